The van der Waals surface area contributed by atoms with E-state index in [0.29, 0.717) is 0 Å². The number of nitrogen functional groups attached to an aromatic ring is 1. The fourth-order valence-electron chi connectivity index (χ4n) is 1.17. The van der Waals surface area contributed by atoms with E-state index in [2.05, 4.69) is 4.98 Å². The van der Waals surface area contributed by atoms with Crippen LogP contribution in [0.1, 0.15) is 23.2 Å². The van der Waals surface area contributed by atoms with Crippen molar-refractivity contribution in [3.05, 3.63) is 23.0 Å². The van der Waals surface area contributed by atoms with Gasteiger partial charge in [0.05, 0.1) is 17.9 Å². The van der Waals surface area contributed by atoms with Gasteiger partial charge in [-0.2, -0.15) is 13.2 Å². The van der Waals surface area contributed by atoms with Gasteiger partial charge in [0.1, 0.15) is 5.69 Å². The first-order valence-corrected chi connectivity index (χ1v) is 4.02. The minimum Gasteiger partial charge on any atom is -0.397 e. The summed E-state index contributed by atoms with van der Waals surface area (Å²) in [4.78, 5) is 2.95. The van der Waals surface area contributed by atoms with Crippen LogP contribution in [0.2, 0.25) is 0 Å². The maximum absolute atomic E-state index is 12.4. The smallest absolute Gasteiger partial charge is 0.397 e. The number of aromatic nitrogens is 1. The average molecular weight is 242 g/mol. The van der Waals surface area contributed by atoms with E-state index in [0.717, 1.165) is 0 Å². The molecule has 0 saturated heterocycles. The molecule has 0 spiro atoms. The van der Waals surface area contributed by atoms with Crippen molar-refractivity contribution in [3.63, 3.8) is 0 Å². The highest BCUT2D eigenvalue weighted by molar-refractivity contribution is 5.54. The number of nitrogens with two attached hydrogens (primary N) is 1. The van der Waals surface area contributed by atoms with E-state index in [1.165, 1.54) is 0 Å². The first-order valence-electron chi connectivity index (χ1n) is 4.02. The number of anilines is 1. The van der Waals surface area contributed by atoms with Crippen LogP contribution in [0, 0.1) is 0 Å². The topological polar surface area (TPSA) is 59.1 Å². The molecule has 1 aromatic rings. The lowest BCUT2D eigenvalue weighted by Crippen LogP contribution is -2.14. The molecule has 1 heterocycles. The summed E-state index contributed by atoms with van der Waals surface area (Å²) in [6.07, 6.45) is -7.64. The Balaban J connectivity index is 3.41. The van der Waals surface area contributed by atoms with E-state index < -0.39 is 41.7 Å². The predicted molar refractivity (Wildman–Crippen MR) is 44.5 cm³/mol. The molecule has 0 radical (unpaired) electrons. The second-order valence-corrected chi connectivity index (χ2v) is 2.91. The Morgan fingerprint density at radius 2 is 1.94 bits per heavy atom. The van der Waals surface area contributed by atoms with Crippen LogP contribution in [0.4, 0.5) is 27.6 Å². The molecule has 0 atom stereocenters. The van der Waals surface area contributed by atoms with Crippen molar-refractivity contribution in [2.75, 3.05) is 5.73 Å². The molecule has 0 fully saturated rings. The van der Waals surface area contributed by atoms with Crippen LogP contribution in [-0.4, -0.2) is 10.1 Å². The highest BCUT2D eigenvalue weighted by Crippen LogP contribution is 2.36. The Kier molecular flexibility index (Phi) is 3.32. The van der Waals surface area contributed by atoms with Gasteiger partial charge < -0.3 is 10.8 Å². The van der Waals surface area contributed by atoms with Gasteiger partial charge >= 0.3 is 6.18 Å². The first-order chi connectivity index (χ1) is 7.29. The summed E-state index contributed by atoms with van der Waals surface area (Å²) < 4.78 is 61.6. The summed E-state index contributed by atoms with van der Waals surface area (Å²) in [7, 11) is 0. The minimum absolute atomic E-state index is 0.239. The van der Waals surface area contributed by atoms with Crippen molar-refractivity contribution in [2.45, 2.75) is 19.2 Å². The van der Waals surface area contributed by atoms with Crippen molar-refractivity contribution in [3.8, 4) is 0 Å². The van der Waals surface area contributed by atoms with Gasteiger partial charge in [-0.3, -0.25) is 4.98 Å². The van der Waals surface area contributed by atoms with Crippen LogP contribution in [0.15, 0.2) is 6.20 Å². The minimum atomic E-state index is -4.79. The lowest BCUT2D eigenvalue weighted by atomic mass is 10.1. The van der Waals surface area contributed by atoms with Gasteiger partial charge in [0.15, 0.2) is 0 Å². The first kappa shape index (κ1) is 12.6. The van der Waals surface area contributed by atoms with Gasteiger partial charge in [0.2, 0.25) is 0 Å². The Labute approximate surface area is 86.7 Å². The maximum atomic E-state index is 12.4. The number of hydrogen-bond acceptors (Lipinski definition) is 3. The second-order valence-electron chi connectivity index (χ2n) is 2.91. The molecular formula is C8H7F5N2O. The molecule has 90 valence electrons. The Hall–Kier alpha value is -1.44. The SMILES string of the molecule is Nc1c(C(F)F)ncc(C(F)(F)F)c1CO. The Morgan fingerprint density at radius 3 is 2.31 bits per heavy atom. The van der Waals surface area contributed by atoms with Crippen molar-refractivity contribution in [1.82, 2.24) is 4.98 Å². The number of aliphatic hydroxyl groups is 1. The zero-order valence-corrected chi connectivity index (χ0v) is 7.72. The summed E-state index contributed by atoms with van der Waals surface area (Å²) >= 11 is 0. The molecule has 0 aromatic carbocycles. The largest absolute Gasteiger partial charge is 0.418 e. The molecule has 0 bridgehead atoms. The molecule has 1 aromatic heterocycles. The van der Waals surface area contributed by atoms with Crippen LogP contribution in [0.5, 0.6) is 0 Å². The standard InChI is InChI=1S/C8H7F5N2O/c9-7(10)6-5(14)3(2-16)4(1-15-6)8(11,12)13/h1,7,16H,2,14H2. The fraction of sp³-hybridized carbons (Fsp3) is 0.375. The van der Waals surface area contributed by atoms with E-state index in [9.17, 15) is 22.0 Å². The monoisotopic (exact) mass is 242 g/mol. The molecular weight excluding hydrogens is 235 g/mol. The Morgan fingerprint density at radius 1 is 1.38 bits per heavy atom. The predicted octanol–water partition coefficient (Wildman–Crippen LogP) is 2.11. The van der Waals surface area contributed by atoms with Crippen LogP contribution < -0.4 is 5.73 Å². The average Bonchev–Trinajstić information content (AvgIpc) is 2.15. The molecule has 3 N–H and O–H groups in total. The van der Waals surface area contributed by atoms with E-state index in [1.807, 2.05) is 0 Å². The van der Waals surface area contributed by atoms with Crippen LogP contribution >= 0.6 is 0 Å². The molecule has 0 aliphatic rings. The molecule has 0 aliphatic carbocycles. The molecule has 8 heteroatoms. The molecule has 3 nitrogen and oxygen atoms in total. The molecule has 1 rings (SSSR count). The van der Waals surface area contributed by atoms with Gasteiger partial charge in [-0.25, -0.2) is 8.78 Å². The molecule has 0 amide bonds. The lowest BCUT2D eigenvalue weighted by Gasteiger charge is -2.15. The van der Waals surface area contributed by atoms with Crippen LogP contribution in [-0.2, 0) is 12.8 Å². The van der Waals surface area contributed by atoms with Gasteiger partial charge in [-0.05, 0) is 0 Å². The summed E-state index contributed by atoms with van der Waals surface area (Å²) in [5.74, 6) is 0. The van der Waals surface area contributed by atoms with Crippen molar-refractivity contribution in [1.29, 1.82) is 0 Å². The van der Waals surface area contributed by atoms with Gasteiger partial charge in [-0.1, -0.05) is 0 Å². The second kappa shape index (κ2) is 4.20. The third kappa shape index (κ3) is 2.21. The maximum Gasteiger partial charge on any atom is 0.418 e. The van der Waals surface area contributed by atoms with E-state index >= 15 is 0 Å². The van der Waals surface area contributed by atoms with Crippen LogP contribution in [0.3, 0.4) is 0 Å². The number of pyridine rings is 1. The normalized spacial score (nSPS) is 12.2. The number of nitrogens with zero attached hydrogens (tertiary/aromatic N) is 1. The van der Waals surface area contributed by atoms with Gasteiger partial charge in [-0.15, -0.1) is 0 Å². The fourth-order valence-corrected chi connectivity index (χ4v) is 1.17. The summed E-state index contributed by atoms with van der Waals surface area (Å²) in [5, 5.41) is 8.72. The number of aliphatic hydroxyl groups excluding tert-OH is 1. The van der Waals surface area contributed by atoms with Crippen LogP contribution in [0.25, 0.3) is 0 Å². The third-order valence-corrected chi connectivity index (χ3v) is 1.93. The van der Waals surface area contributed by atoms with Crippen molar-refractivity contribution >= 4 is 5.69 Å². The lowest BCUT2D eigenvalue weighted by molar-refractivity contribution is -0.138. The number of alkyl halides is 5. The van der Waals surface area contributed by atoms with Gasteiger partial charge in [0.25, 0.3) is 6.43 Å². The molecule has 0 saturated carbocycles. The Bertz CT molecular complexity index is 391. The van der Waals surface area contributed by atoms with Crippen molar-refractivity contribution in [2.24, 2.45) is 0 Å². The third-order valence-electron chi connectivity index (χ3n) is 1.93. The summed E-state index contributed by atoms with van der Waals surface area (Å²) in [5.41, 5.74) is 1.21. The van der Waals surface area contributed by atoms with Crippen molar-refractivity contribution < 1.29 is 27.1 Å². The van der Waals surface area contributed by atoms with Gasteiger partial charge in [0, 0.05) is 11.8 Å². The van der Waals surface area contributed by atoms with E-state index in [-0.39, 0.29) is 6.20 Å². The molecule has 0 unspecified atom stereocenters. The molecule has 0 aliphatic heterocycles. The highest BCUT2D eigenvalue weighted by atomic mass is 19.4. The zero-order chi connectivity index (χ0) is 12.5. The quantitative estimate of drug-likeness (QED) is 0.781. The zero-order valence-electron chi connectivity index (χ0n) is 7.72. The number of halogens is 5. The highest BCUT2D eigenvalue weighted by Gasteiger charge is 2.35. The summed E-state index contributed by atoms with van der Waals surface area (Å²) in [6, 6.07) is 0. The summed E-state index contributed by atoms with van der Waals surface area (Å²) in [6.45, 7) is -1.08. The van der Waals surface area contributed by atoms with E-state index in [4.69, 9.17) is 10.8 Å². The number of rotatable bonds is 2. The van der Waals surface area contributed by atoms with E-state index in [1.54, 1.807) is 0 Å². The molecule has 16 heavy (non-hydrogen) atoms. The number of hydrogen-bond donors (Lipinski definition) is 2.